The summed E-state index contributed by atoms with van der Waals surface area (Å²) in [6.45, 7) is 2.51. The maximum atomic E-state index is 13.4. The predicted octanol–water partition coefficient (Wildman–Crippen LogP) is 3.98. The average molecular weight is 257 g/mol. The summed E-state index contributed by atoms with van der Waals surface area (Å²) in [5.41, 5.74) is 7.66. The van der Waals surface area contributed by atoms with E-state index in [4.69, 9.17) is 10.5 Å². The van der Waals surface area contributed by atoms with Gasteiger partial charge in [0.1, 0.15) is 5.75 Å². The average Bonchev–Trinajstić information content (AvgIpc) is 2.42. The van der Waals surface area contributed by atoms with E-state index in [9.17, 15) is 4.39 Å². The van der Waals surface area contributed by atoms with Gasteiger partial charge in [0.2, 0.25) is 0 Å². The molecule has 0 saturated heterocycles. The van der Waals surface area contributed by atoms with Crippen LogP contribution in [0.3, 0.4) is 0 Å². The van der Waals surface area contributed by atoms with Gasteiger partial charge in [-0.05, 0) is 42.3 Å². The Bertz CT molecular complexity index is 576. The lowest BCUT2D eigenvalue weighted by molar-refractivity contribution is 0.442. The number of allylic oxidation sites excluding steroid dienone is 1. The summed E-state index contributed by atoms with van der Waals surface area (Å²) in [5, 5.41) is 0. The fraction of sp³-hybridized carbons (Fsp3) is 0.125. The zero-order valence-corrected chi connectivity index (χ0v) is 10.8. The largest absolute Gasteiger partial charge is 0.454 e. The zero-order chi connectivity index (χ0) is 13.7. The molecule has 2 aromatic rings. The number of benzene rings is 2. The maximum absolute atomic E-state index is 13.4. The van der Waals surface area contributed by atoms with Crippen molar-refractivity contribution in [3.05, 3.63) is 66.0 Å². The third-order valence-electron chi connectivity index (χ3n) is 2.80. The lowest BCUT2D eigenvalue weighted by atomic mass is 10.1. The first-order valence-electron chi connectivity index (χ1n) is 6.10. The number of rotatable bonds is 4. The molecule has 0 aliphatic rings. The highest BCUT2D eigenvalue weighted by molar-refractivity contribution is 5.64. The summed E-state index contributed by atoms with van der Waals surface area (Å²) in [4.78, 5) is 0. The van der Waals surface area contributed by atoms with E-state index in [0.717, 1.165) is 11.1 Å². The van der Waals surface area contributed by atoms with Gasteiger partial charge >= 0.3 is 0 Å². The molecule has 0 fully saturated rings. The van der Waals surface area contributed by atoms with Crippen LogP contribution in [0.25, 0.3) is 5.57 Å². The highest BCUT2D eigenvalue weighted by atomic mass is 19.1. The predicted molar refractivity (Wildman–Crippen MR) is 75.6 cm³/mol. The molecule has 0 unspecified atom stereocenters. The Kier molecular flexibility index (Phi) is 4.31. The quantitative estimate of drug-likeness (QED) is 0.899. The minimum Gasteiger partial charge on any atom is -0.454 e. The summed E-state index contributed by atoms with van der Waals surface area (Å²) in [6, 6.07) is 13.8. The zero-order valence-electron chi connectivity index (χ0n) is 10.8. The molecule has 3 heteroatoms. The van der Waals surface area contributed by atoms with Crippen molar-refractivity contribution in [3.8, 4) is 11.5 Å². The number of para-hydroxylation sites is 1. The molecule has 0 atom stereocenters. The van der Waals surface area contributed by atoms with Crippen LogP contribution in [-0.4, -0.2) is 6.54 Å². The van der Waals surface area contributed by atoms with E-state index in [1.54, 1.807) is 18.2 Å². The molecule has 0 heterocycles. The molecule has 0 aromatic heterocycles. The van der Waals surface area contributed by atoms with E-state index in [0.29, 0.717) is 12.3 Å². The normalized spacial score (nSPS) is 11.4. The van der Waals surface area contributed by atoms with Gasteiger partial charge in [0.25, 0.3) is 0 Å². The second-order valence-electron chi connectivity index (χ2n) is 4.18. The van der Waals surface area contributed by atoms with Crippen molar-refractivity contribution in [1.82, 2.24) is 0 Å². The highest BCUT2D eigenvalue weighted by Crippen LogP contribution is 2.25. The minimum atomic E-state index is -0.370. The van der Waals surface area contributed by atoms with Gasteiger partial charge in [-0.1, -0.05) is 30.3 Å². The van der Waals surface area contributed by atoms with E-state index < -0.39 is 0 Å². The molecule has 0 aliphatic carbocycles. The molecule has 2 nitrogen and oxygen atoms in total. The summed E-state index contributed by atoms with van der Waals surface area (Å²) in [7, 11) is 0. The number of halogens is 1. The molecule has 2 rings (SSSR count). The van der Waals surface area contributed by atoms with Crippen LogP contribution in [0, 0.1) is 5.82 Å². The first kappa shape index (κ1) is 13.3. The molecule has 2 N–H and O–H groups in total. The van der Waals surface area contributed by atoms with Crippen molar-refractivity contribution >= 4 is 5.57 Å². The van der Waals surface area contributed by atoms with Gasteiger partial charge in [-0.25, -0.2) is 4.39 Å². The Hall–Kier alpha value is -2.13. The number of hydrogen-bond acceptors (Lipinski definition) is 2. The molecule has 0 bridgehead atoms. The van der Waals surface area contributed by atoms with Crippen LogP contribution >= 0.6 is 0 Å². The van der Waals surface area contributed by atoms with Gasteiger partial charge < -0.3 is 10.5 Å². The smallest absolute Gasteiger partial charge is 0.165 e. The van der Waals surface area contributed by atoms with Gasteiger partial charge in [-0.3, -0.25) is 0 Å². The standard InChI is InChI=1S/C16H16FNO/c1-12(10-11-18)13-6-8-14(9-7-13)19-16-5-3-2-4-15(16)17/h2-10H,11,18H2,1H3. The molecule has 0 radical (unpaired) electrons. The highest BCUT2D eigenvalue weighted by Gasteiger charge is 2.03. The molecule has 0 saturated carbocycles. The van der Waals surface area contributed by atoms with Gasteiger partial charge in [0.05, 0.1) is 0 Å². The molecule has 2 aromatic carbocycles. The van der Waals surface area contributed by atoms with Gasteiger partial charge in [-0.2, -0.15) is 0 Å². The van der Waals surface area contributed by atoms with E-state index in [-0.39, 0.29) is 11.6 Å². The molecular weight excluding hydrogens is 241 g/mol. The van der Waals surface area contributed by atoms with Crippen LogP contribution < -0.4 is 10.5 Å². The van der Waals surface area contributed by atoms with Crippen LogP contribution in [0.4, 0.5) is 4.39 Å². The molecular formula is C16H16FNO. The Morgan fingerprint density at radius 2 is 1.84 bits per heavy atom. The fourth-order valence-corrected chi connectivity index (χ4v) is 1.73. The van der Waals surface area contributed by atoms with E-state index in [1.807, 2.05) is 37.3 Å². The minimum absolute atomic E-state index is 0.226. The summed E-state index contributed by atoms with van der Waals surface area (Å²) in [6.07, 6.45) is 1.95. The Morgan fingerprint density at radius 3 is 2.47 bits per heavy atom. The first-order chi connectivity index (χ1) is 9.20. The van der Waals surface area contributed by atoms with Crippen LogP contribution in [0.5, 0.6) is 11.5 Å². The molecule has 0 spiro atoms. The van der Waals surface area contributed by atoms with Crippen molar-refractivity contribution in [1.29, 1.82) is 0 Å². The summed E-state index contributed by atoms with van der Waals surface area (Å²) >= 11 is 0. The number of nitrogens with two attached hydrogens (primary N) is 1. The van der Waals surface area contributed by atoms with Crippen LogP contribution in [-0.2, 0) is 0 Å². The van der Waals surface area contributed by atoms with Gasteiger partial charge in [0, 0.05) is 6.54 Å². The van der Waals surface area contributed by atoms with Crippen molar-refractivity contribution in [2.45, 2.75) is 6.92 Å². The Balaban J connectivity index is 2.16. The topological polar surface area (TPSA) is 35.2 Å². The third kappa shape index (κ3) is 3.42. The summed E-state index contributed by atoms with van der Waals surface area (Å²) in [5.74, 6) is 0.463. The third-order valence-corrected chi connectivity index (χ3v) is 2.80. The summed E-state index contributed by atoms with van der Waals surface area (Å²) < 4.78 is 18.9. The number of hydrogen-bond donors (Lipinski definition) is 1. The lowest BCUT2D eigenvalue weighted by Crippen LogP contribution is -1.94. The van der Waals surface area contributed by atoms with Crippen molar-refractivity contribution in [2.24, 2.45) is 5.73 Å². The Labute approximate surface area is 112 Å². The monoisotopic (exact) mass is 257 g/mol. The first-order valence-corrected chi connectivity index (χ1v) is 6.10. The molecule has 0 amide bonds. The van der Waals surface area contributed by atoms with Crippen molar-refractivity contribution < 1.29 is 9.13 Å². The molecule has 98 valence electrons. The molecule has 19 heavy (non-hydrogen) atoms. The number of ether oxygens (including phenoxy) is 1. The van der Waals surface area contributed by atoms with E-state index in [1.165, 1.54) is 6.07 Å². The van der Waals surface area contributed by atoms with Gasteiger partial charge in [0.15, 0.2) is 11.6 Å². The van der Waals surface area contributed by atoms with Crippen LogP contribution in [0.15, 0.2) is 54.6 Å². The van der Waals surface area contributed by atoms with Crippen LogP contribution in [0.1, 0.15) is 12.5 Å². The fourth-order valence-electron chi connectivity index (χ4n) is 1.73. The van der Waals surface area contributed by atoms with Crippen molar-refractivity contribution in [3.63, 3.8) is 0 Å². The van der Waals surface area contributed by atoms with Crippen LogP contribution in [0.2, 0.25) is 0 Å². The molecule has 0 aliphatic heterocycles. The lowest BCUT2D eigenvalue weighted by Gasteiger charge is -2.07. The Morgan fingerprint density at radius 1 is 1.16 bits per heavy atom. The van der Waals surface area contributed by atoms with E-state index in [2.05, 4.69) is 0 Å². The SMILES string of the molecule is CC(=CCN)c1ccc(Oc2ccccc2F)cc1. The van der Waals surface area contributed by atoms with Crippen molar-refractivity contribution in [2.75, 3.05) is 6.54 Å². The second kappa shape index (κ2) is 6.16. The second-order valence-corrected chi connectivity index (χ2v) is 4.18. The van der Waals surface area contributed by atoms with E-state index >= 15 is 0 Å². The maximum Gasteiger partial charge on any atom is 0.165 e. The van der Waals surface area contributed by atoms with Gasteiger partial charge in [-0.15, -0.1) is 0 Å².